The number of hydrogen-bond donors (Lipinski definition) is 3. The highest BCUT2D eigenvalue weighted by molar-refractivity contribution is 9.10. The molecule has 0 saturated carbocycles. The number of pyridine rings is 1. The van der Waals surface area contributed by atoms with Gasteiger partial charge in [0.25, 0.3) is 0 Å². The molecule has 2 aromatic rings. The Morgan fingerprint density at radius 3 is 2.90 bits per heavy atom. The Labute approximate surface area is 133 Å². The van der Waals surface area contributed by atoms with Crippen LogP contribution >= 0.6 is 27.1 Å². The van der Waals surface area contributed by atoms with Gasteiger partial charge in [-0.2, -0.15) is 8.75 Å². The van der Waals surface area contributed by atoms with Crippen molar-refractivity contribution in [2.24, 2.45) is 9.98 Å². The van der Waals surface area contributed by atoms with Crippen LogP contribution in [0.4, 0.5) is 5.82 Å². The molecule has 1 atom stereocenters. The number of aromatic amines is 2. The zero-order valence-electron chi connectivity index (χ0n) is 11.8. The van der Waals surface area contributed by atoms with Gasteiger partial charge in [0.15, 0.2) is 0 Å². The van der Waals surface area contributed by atoms with Crippen LogP contribution in [0.2, 0.25) is 0 Å². The van der Waals surface area contributed by atoms with Crippen molar-refractivity contribution < 1.29 is 4.55 Å². The third kappa shape index (κ3) is 4.51. The van der Waals surface area contributed by atoms with Crippen LogP contribution in [0.1, 0.15) is 12.0 Å². The van der Waals surface area contributed by atoms with E-state index in [0.717, 1.165) is 28.8 Å². The first kappa shape index (κ1) is 15.9. The lowest BCUT2D eigenvalue weighted by molar-refractivity contribution is 0.584. The lowest BCUT2D eigenvalue weighted by atomic mass is 10.3. The van der Waals surface area contributed by atoms with E-state index in [1.54, 1.807) is 13.2 Å². The average Bonchev–Trinajstić information content (AvgIpc) is 2.81. The number of halogens is 1. The maximum absolute atomic E-state index is 11.3. The molecular weight excluding hydrogens is 356 g/mol. The van der Waals surface area contributed by atoms with Crippen LogP contribution in [0.25, 0.3) is 0 Å². The number of aryl methyl sites for hydroxylation is 1. The summed E-state index contributed by atoms with van der Waals surface area (Å²) in [5.41, 5.74) is 2.17. The van der Waals surface area contributed by atoms with Gasteiger partial charge >= 0.3 is 0 Å². The Kier molecular flexibility index (Phi) is 5.71. The highest BCUT2D eigenvalue weighted by Crippen LogP contribution is 2.16. The molecule has 7 nitrogen and oxygen atoms in total. The lowest BCUT2D eigenvalue weighted by Crippen LogP contribution is -2.25. The normalized spacial score (nSPS) is 13.8. The summed E-state index contributed by atoms with van der Waals surface area (Å²) in [6.45, 7) is 3.39. The summed E-state index contributed by atoms with van der Waals surface area (Å²) in [7, 11) is 1.63. The molecule has 0 aromatic carbocycles. The summed E-state index contributed by atoms with van der Waals surface area (Å²) in [6.07, 6.45) is 2.61. The van der Waals surface area contributed by atoms with E-state index in [9.17, 15) is 4.55 Å². The number of H-pyrrole nitrogens is 2. The molecule has 9 heteroatoms. The van der Waals surface area contributed by atoms with Gasteiger partial charge in [-0.15, -0.1) is 0 Å². The van der Waals surface area contributed by atoms with Crippen molar-refractivity contribution in [3.63, 3.8) is 0 Å². The number of anilines is 1. The van der Waals surface area contributed by atoms with Crippen LogP contribution in [-0.4, -0.2) is 38.4 Å². The van der Waals surface area contributed by atoms with Gasteiger partial charge in [0.2, 0.25) is 11.0 Å². The Balaban J connectivity index is 1.88. The minimum atomic E-state index is -1.32. The average molecular weight is 373 g/mol. The predicted octanol–water partition coefficient (Wildman–Crippen LogP) is 1.47. The molecule has 3 N–H and O–H groups in total. The summed E-state index contributed by atoms with van der Waals surface area (Å²) in [6, 6.07) is 2.02. The van der Waals surface area contributed by atoms with Crippen LogP contribution in [-0.2, 0) is 0 Å². The molecule has 114 valence electrons. The predicted molar refractivity (Wildman–Crippen MR) is 85.5 cm³/mol. The van der Waals surface area contributed by atoms with Crippen molar-refractivity contribution in [1.82, 2.24) is 13.7 Å². The van der Waals surface area contributed by atoms with Gasteiger partial charge in [-0.3, -0.25) is 9.98 Å². The standard InChI is InChI=1S/C12H17BrN6OS/c1-8-6-9(13)7-17-10(8)15-4-3-5-16-12-11(14-2)18-21(20)19-12/h6-7H,3-5H2,1-2H3,(H,14,18)(H,15,17)(H,16,19). The Hall–Kier alpha value is -1.45. The first-order valence-electron chi connectivity index (χ1n) is 6.43. The Bertz CT molecular complexity index is 732. The second-order valence-corrected chi connectivity index (χ2v) is 6.24. The molecule has 1 unspecified atom stereocenters. The summed E-state index contributed by atoms with van der Waals surface area (Å²) >= 11 is 2.07. The molecule has 0 bridgehead atoms. The lowest BCUT2D eigenvalue weighted by Gasteiger charge is -2.07. The minimum absolute atomic E-state index is 0.534. The highest BCUT2D eigenvalue weighted by atomic mass is 79.9. The van der Waals surface area contributed by atoms with Gasteiger partial charge in [-0.1, -0.05) is 0 Å². The van der Waals surface area contributed by atoms with Crippen molar-refractivity contribution in [2.45, 2.75) is 13.3 Å². The van der Waals surface area contributed by atoms with Crippen LogP contribution < -0.4 is 16.3 Å². The van der Waals surface area contributed by atoms with E-state index in [2.05, 4.69) is 45.0 Å². The molecule has 0 aliphatic rings. The Morgan fingerprint density at radius 1 is 1.43 bits per heavy atom. The fraction of sp³-hybridized carbons (Fsp3) is 0.417. The maximum Gasteiger partial charge on any atom is 0.219 e. The van der Waals surface area contributed by atoms with E-state index < -0.39 is 11.1 Å². The zero-order chi connectivity index (χ0) is 15.2. The molecule has 0 radical (unpaired) electrons. The summed E-state index contributed by atoms with van der Waals surface area (Å²) < 4.78 is 17.6. The molecule has 21 heavy (non-hydrogen) atoms. The molecule has 0 saturated heterocycles. The molecule has 2 rings (SSSR count). The number of nitrogens with one attached hydrogen (secondary N) is 3. The van der Waals surface area contributed by atoms with E-state index in [1.807, 2.05) is 13.0 Å². The maximum atomic E-state index is 11.3. The van der Waals surface area contributed by atoms with Crippen molar-refractivity contribution in [1.29, 1.82) is 0 Å². The summed E-state index contributed by atoms with van der Waals surface area (Å²) in [5.74, 6) is 0.878. The molecule has 2 heterocycles. The van der Waals surface area contributed by atoms with Crippen LogP contribution in [0.15, 0.2) is 26.7 Å². The van der Waals surface area contributed by atoms with E-state index in [-0.39, 0.29) is 0 Å². The molecule has 0 fully saturated rings. The molecular formula is C12H17BrN6OS. The second-order valence-electron chi connectivity index (χ2n) is 4.37. The van der Waals surface area contributed by atoms with Crippen LogP contribution in [0, 0.1) is 6.92 Å². The van der Waals surface area contributed by atoms with Crippen molar-refractivity contribution in [3.8, 4) is 0 Å². The van der Waals surface area contributed by atoms with E-state index in [0.29, 0.717) is 17.5 Å². The highest BCUT2D eigenvalue weighted by Gasteiger charge is 2.00. The third-order valence-electron chi connectivity index (χ3n) is 2.77. The largest absolute Gasteiger partial charge is 0.549 e. The number of rotatable bonds is 5. The van der Waals surface area contributed by atoms with Gasteiger partial charge in [-0.25, -0.2) is 4.98 Å². The van der Waals surface area contributed by atoms with Gasteiger partial charge in [-0.05, 0) is 40.9 Å². The molecule has 0 aliphatic carbocycles. The SMILES string of the molecule is CN=c1[nH][s+]([O-])[nH]c1=NCCCNc1ncc(Br)cc1C. The minimum Gasteiger partial charge on any atom is -0.549 e. The molecule has 0 amide bonds. The number of aromatic nitrogens is 3. The van der Waals surface area contributed by atoms with Gasteiger partial charge in [0, 0.05) is 30.8 Å². The smallest absolute Gasteiger partial charge is 0.219 e. The molecule has 2 aromatic heterocycles. The molecule has 0 spiro atoms. The Morgan fingerprint density at radius 2 is 2.19 bits per heavy atom. The summed E-state index contributed by atoms with van der Waals surface area (Å²) in [4.78, 5) is 12.6. The van der Waals surface area contributed by atoms with Crippen molar-refractivity contribution >= 4 is 32.9 Å². The number of nitrogens with zero attached hydrogens (tertiary/aromatic N) is 3. The van der Waals surface area contributed by atoms with Crippen LogP contribution in [0.3, 0.4) is 0 Å². The molecule has 0 aliphatic heterocycles. The van der Waals surface area contributed by atoms with Crippen molar-refractivity contribution in [2.75, 3.05) is 25.5 Å². The quantitative estimate of drug-likeness (QED) is 0.546. The van der Waals surface area contributed by atoms with E-state index in [1.165, 1.54) is 0 Å². The van der Waals surface area contributed by atoms with Gasteiger partial charge in [0.1, 0.15) is 17.0 Å². The second kappa shape index (κ2) is 7.53. The summed E-state index contributed by atoms with van der Waals surface area (Å²) in [5, 5.41) is 3.27. The fourth-order valence-corrected chi connectivity index (χ4v) is 2.96. The fourth-order valence-electron chi connectivity index (χ4n) is 1.76. The van der Waals surface area contributed by atoms with E-state index >= 15 is 0 Å². The van der Waals surface area contributed by atoms with Crippen molar-refractivity contribution in [3.05, 3.63) is 33.3 Å². The number of hydrogen-bond acceptors (Lipinski definition) is 5. The van der Waals surface area contributed by atoms with Gasteiger partial charge in [0.05, 0.1) is 0 Å². The topological polar surface area (TPSA) is 104 Å². The van der Waals surface area contributed by atoms with E-state index in [4.69, 9.17) is 0 Å². The zero-order valence-corrected chi connectivity index (χ0v) is 14.2. The first-order valence-corrected chi connectivity index (χ1v) is 8.37. The monoisotopic (exact) mass is 372 g/mol. The van der Waals surface area contributed by atoms with Gasteiger partial charge < -0.3 is 9.87 Å². The first-order chi connectivity index (χ1) is 10.1. The van der Waals surface area contributed by atoms with Crippen LogP contribution in [0.5, 0.6) is 0 Å². The third-order valence-corrected chi connectivity index (χ3v) is 3.96.